The monoisotopic (exact) mass is 403 g/mol. The summed E-state index contributed by atoms with van der Waals surface area (Å²) in [6.07, 6.45) is -1.14. The van der Waals surface area contributed by atoms with Crippen LogP contribution in [-0.4, -0.2) is 28.1 Å². The van der Waals surface area contributed by atoms with Crippen molar-refractivity contribution in [1.82, 2.24) is 10.1 Å². The number of amides is 1. The fourth-order valence-electron chi connectivity index (χ4n) is 2.27. The van der Waals surface area contributed by atoms with Crippen LogP contribution >= 0.6 is 11.6 Å². The van der Waals surface area contributed by atoms with Crippen LogP contribution in [0.25, 0.3) is 11.5 Å². The molecule has 0 aliphatic carbocycles. The second kappa shape index (κ2) is 8.18. The van der Waals surface area contributed by atoms with E-state index in [-0.39, 0.29) is 16.3 Å². The molecule has 3 rings (SSSR count). The van der Waals surface area contributed by atoms with Gasteiger partial charge >= 0.3 is 5.97 Å². The summed E-state index contributed by atoms with van der Waals surface area (Å²) in [7, 11) is 0. The highest BCUT2D eigenvalue weighted by Gasteiger charge is 2.20. The third-order valence-electron chi connectivity index (χ3n) is 3.74. The number of ether oxygens (including phenoxy) is 1. The summed E-state index contributed by atoms with van der Waals surface area (Å²) >= 11 is 5.67. The van der Waals surface area contributed by atoms with Crippen LogP contribution in [0.4, 0.5) is 10.1 Å². The molecule has 0 spiro atoms. The Labute approximate surface area is 164 Å². The predicted octanol–water partition coefficient (Wildman–Crippen LogP) is 4.02. The van der Waals surface area contributed by atoms with Gasteiger partial charge in [0, 0.05) is 10.6 Å². The molecule has 28 heavy (non-hydrogen) atoms. The van der Waals surface area contributed by atoms with Gasteiger partial charge in [-0.15, -0.1) is 0 Å². The molecule has 0 fully saturated rings. The van der Waals surface area contributed by atoms with E-state index >= 15 is 0 Å². The summed E-state index contributed by atoms with van der Waals surface area (Å²) in [4.78, 5) is 28.5. The Morgan fingerprint density at radius 3 is 2.54 bits per heavy atom. The quantitative estimate of drug-likeness (QED) is 0.646. The Morgan fingerprint density at radius 2 is 1.93 bits per heavy atom. The van der Waals surface area contributed by atoms with Crippen molar-refractivity contribution in [3.8, 4) is 11.5 Å². The molecule has 1 atom stereocenters. The van der Waals surface area contributed by atoms with E-state index in [0.717, 1.165) is 6.07 Å². The number of halogens is 2. The number of hydrogen-bond acceptors (Lipinski definition) is 6. The Bertz CT molecular complexity index is 1020. The predicted molar refractivity (Wildman–Crippen MR) is 99.4 cm³/mol. The number of aromatic nitrogens is 2. The van der Waals surface area contributed by atoms with Gasteiger partial charge in [-0.05, 0) is 56.3 Å². The Balaban J connectivity index is 1.62. The molecule has 0 unspecified atom stereocenters. The average Bonchev–Trinajstić information content (AvgIpc) is 3.10. The van der Waals surface area contributed by atoms with Crippen molar-refractivity contribution in [2.75, 3.05) is 5.32 Å². The van der Waals surface area contributed by atoms with Gasteiger partial charge in [-0.25, -0.2) is 9.18 Å². The zero-order valence-corrected chi connectivity index (χ0v) is 15.7. The second-order valence-corrected chi connectivity index (χ2v) is 6.32. The summed E-state index contributed by atoms with van der Waals surface area (Å²) < 4.78 is 23.9. The van der Waals surface area contributed by atoms with Crippen LogP contribution in [-0.2, 0) is 9.53 Å². The van der Waals surface area contributed by atoms with E-state index in [4.69, 9.17) is 20.9 Å². The van der Waals surface area contributed by atoms with E-state index < -0.39 is 23.8 Å². The van der Waals surface area contributed by atoms with Gasteiger partial charge in [0.25, 0.3) is 11.8 Å². The molecule has 0 radical (unpaired) electrons. The standard InChI is InChI=1S/C19H15ClFN3O4/c1-10(17(25)23-16-8-7-14(20)9-15(16)21)27-19(26)13-5-3-12(4-6-13)18-22-11(2)24-28-18/h3-10H,1-2H3,(H,23,25)/t10-/m1/s1. The molecule has 0 aliphatic heterocycles. The maximum absolute atomic E-state index is 13.8. The number of carbonyl (C=O) groups is 2. The molecule has 1 amide bonds. The molecule has 2 aromatic carbocycles. The van der Waals surface area contributed by atoms with Crippen LogP contribution in [0.5, 0.6) is 0 Å². The zero-order chi connectivity index (χ0) is 20.3. The first-order valence-corrected chi connectivity index (χ1v) is 8.59. The van der Waals surface area contributed by atoms with Crippen molar-refractivity contribution in [3.05, 3.63) is 64.7 Å². The van der Waals surface area contributed by atoms with Gasteiger partial charge in [0.05, 0.1) is 11.3 Å². The molecule has 9 heteroatoms. The number of benzene rings is 2. The topological polar surface area (TPSA) is 94.3 Å². The third kappa shape index (κ3) is 4.52. The van der Waals surface area contributed by atoms with Crippen LogP contribution in [0.1, 0.15) is 23.1 Å². The Hall–Kier alpha value is -3.26. The minimum absolute atomic E-state index is 0.0588. The lowest BCUT2D eigenvalue weighted by Gasteiger charge is -2.14. The maximum atomic E-state index is 13.8. The molecule has 0 saturated heterocycles. The number of hydrogen-bond donors (Lipinski definition) is 1. The average molecular weight is 404 g/mol. The van der Waals surface area contributed by atoms with Crippen molar-refractivity contribution < 1.29 is 23.2 Å². The summed E-state index contributed by atoms with van der Waals surface area (Å²) in [5.41, 5.74) is 0.815. The molecule has 1 heterocycles. The molecule has 1 N–H and O–H groups in total. The number of anilines is 1. The Kier molecular flexibility index (Phi) is 5.70. The van der Waals surface area contributed by atoms with Crippen LogP contribution in [0.2, 0.25) is 5.02 Å². The van der Waals surface area contributed by atoms with Gasteiger partial charge in [-0.1, -0.05) is 16.8 Å². The first-order chi connectivity index (χ1) is 13.3. The molecular weight excluding hydrogens is 389 g/mol. The van der Waals surface area contributed by atoms with E-state index in [1.807, 2.05) is 0 Å². The highest BCUT2D eigenvalue weighted by molar-refractivity contribution is 6.30. The third-order valence-corrected chi connectivity index (χ3v) is 3.97. The number of rotatable bonds is 5. The molecule has 0 aliphatic rings. The molecule has 0 bridgehead atoms. The van der Waals surface area contributed by atoms with E-state index in [2.05, 4.69) is 15.5 Å². The van der Waals surface area contributed by atoms with Crippen LogP contribution < -0.4 is 5.32 Å². The van der Waals surface area contributed by atoms with Crippen molar-refractivity contribution in [2.45, 2.75) is 20.0 Å². The van der Waals surface area contributed by atoms with Gasteiger partial charge in [0.2, 0.25) is 0 Å². The number of nitrogens with one attached hydrogen (secondary N) is 1. The van der Waals surface area contributed by atoms with Gasteiger partial charge in [0.1, 0.15) is 5.82 Å². The summed E-state index contributed by atoms with van der Waals surface area (Å²) in [6, 6.07) is 10.1. The van der Waals surface area contributed by atoms with Crippen molar-refractivity contribution >= 4 is 29.2 Å². The van der Waals surface area contributed by atoms with E-state index in [1.54, 1.807) is 19.1 Å². The highest BCUT2D eigenvalue weighted by Crippen LogP contribution is 2.20. The minimum Gasteiger partial charge on any atom is -0.449 e. The summed E-state index contributed by atoms with van der Waals surface area (Å²) in [5.74, 6) is -1.24. The lowest BCUT2D eigenvalue weighted by atomic mass is 10.1. The fourth-order valence-corrected chi connectivity index (χ4v) is 2.43. The SMILES string of the molecule is Cc1noc(-c2ccc(C(=O)O[C@H](C)C(=O)Nc3ccc(Cl)cc3F)cc2)n1. The van der Waals surface area contributed by atoms with Crippen LogP contribution in [0.3, 0.4) is 0 Å². The molecule has 3 aromatic rings. The van der Waals surface area contributed by atoms with Crippen molar-refractivity contribution in [1.29, 1.82) is 0 Å². The first kappa shape index (κ1) is 19.5. The summed E-state index contributed by atoms with van der Waals surface area (Å²) in [6.45, 7) is 3.08. The highest BCUT2D eigenvalue weighted by atomic mass is 35.5. The largest absolute Gasteiger partial charge is 0.449 e. The van der Waals surface area contributed by atoms with Crippen LogP contribution in [0.15, 0.2) is 47.0 Å². The number of nitrogens with zero attached hydrogens (tertiary/aromatic N) is 2. The number of aryl methyl sites for hydroxylation is 1. The zero-order valence-electron chi connectivity index (χ0n) is 14.9. The fraction of sp³-hybridized carbons (Fsp3) is 0.158. The van der Waals surface area contributed by atoms with Gasteiger partial charge in [-0.2, -0.15) is 4.98 Å². The lowest BCUT2D eigenvalue weighted by molar-refractivity contribution is -0.123. The van der Waals surface area contributed by atoms with E-state index in [1.165, 1.54) is 31.2 Å². The van der Waals surface area contributed by atoms with E-state index in [9.17, 15) is 14.0 Å². The van der Waals surface area contributed by atoms with Crippen molar-refractivity contribution in [3.63, 3.8) is 0 Å². The first-order valence-electron chi connectivity index (χ1n) is 8.21. The van der Waals surface area contributed by atoms with Gasteiger partial charge in [0.15, 0.2) is 11.9 Å². The molecule has 7 nitrogen and oxygen atoms in total. The lowest BCUT2D eigenvalue weighted by Crippen LogP contribution is -2.30. The van der Waals surface area contributed by atoms with Crippen LogP contribution in [0, 0.1) is 12.7 Å². The Morgan fingerprint density at radius 1 is 1.21 bits per heavy atom. The maximum Gasteiger partial charge on any atom is 0.338 e. The molecule has 144 valence electrons. The normalized spacial score (nSPS) is 11.7. The molecule has 1 aromatic heterocycles. The second-order valence-electron chi connectivity index (χ2n) is 5.89. The van der Waals surface area contributed by atoms with Gasteiger partial charge < -0.3 is 14.6 Å². The molecule has 0 saturated carbocycles. The van der Waals surface area contributed by atoms with E-state index in [0.29, 0.717) is 17.3 Å². The number of esters is 1. The minimum atomic E-state index is -1.14. The van der Waals surface area contributed by atoms with Crippen molar-refractivity contribution in [2.24, 2.45) is 0 Å². The summed E-state index contributed by atoms with van der Waals surface area (Å²) in [5, 5.41) is 6.25. The molecular formula is C19H15ClFN3O4. The number of carbonyl (C=O) groups excluding carboxylic acids is 2. The smallest absolute Gasteiger partial charge is 0.338 e. The van der Waals surface area contributed by atoms with Gasteiger partial charge in [-0.3, -0.25) is 4.79 Å².